The third-order valence-electron chi connectivity index (χ3n) is 15.1. The van der Waals surface area contributed by atoms with Crippen LogP contribution in [0.25, 0.3) is 32.6 Å². The van der Waals surface area contributed by atoms with Gasteiger partial charge in [0.25, 0.3) is 0 Å². The number of nitrogens with one attached hydrogen (secondary N) is 3. The predicted octanol–water partition coefficient (Wildman–Crippen LogP) is 7.38. The number of likely N-dealkylation sites (tertiary alicyclic amines) is 1. The summed E-state index contributed by atoms with van der Waals surface area (Å²) in [5.41, 5.74) is 6.37. The first-order valence-electron chi connectivity index (χ1n) is 26.3. The highest BCUT2D eigenvalue weighted by Gasteiger charge is 2.43. The zero-order valence-corrected chi connectivity index (χ0v) is 46.0. The second-order valence-electron chi connectivity index (χ2n) is 20.8. The van der Waals surface area contributed by atoms with E-state index >= 15 is 8.78 Å². The van der Waals surface area contributed by atoms with Crippen molar-refractivity contribution in [3.63, 3.8) is 0 Å². The first kappa shape index (κ1) is 55.1. The van der Waals surface area contributed by atoms with Gasteiger partial charge in [0.15, 0.2) is 5.82 Å². The molecule has 3 aliphatic rings. The van der Waals surface area contributed by atoms with Crippen LogP contribution in [-0.2, 0) is 26.8 Å². The number of thiazole rings is 1. The number of β-amino-alcohol motifs (C(OH)–C–C–N with tert-alkyl or cyclic N) is 1. The number of aromatic nitrogens is 5. The van der Waals surface area contributed by atoms with E-state index in [0.717, 1.165) is 75.6 Å². The highest BCUT2D eigenvalue weighted by atomic mass is 32.2. The Morgan fingerprint density at radius 2 is 1.66 bits per heavy atom. The molecule has 2 amide bonds. The summed E-state index contributed by atoms with van der Waals surface area (Å²) < 4.78 is 81.3. The molecule has 10 rings (SSSR count). The number of carbonyl (C=O) groups is 3. The van der Waals surface area contributed by atoms with E-state index in [1.165, 1.54) is 11.1 Å². The number of hydrogen-bond acceptors (Lipinski definition) is 13. The van der Waals surface area contributed by atoms with Gasteiger partial charge in [0.2, 0.25) is 23.5 Å². The molecule has 0 radical (unpaired) electrons. The Labute approximate surface area is 459 Å². The van der Waals surface area contributed by atoms with Crippen LogP contribution in [0.4, 0.5) is 24.5 Å². The first-order chi connectivity index (χ1) is 37.8. The summed E-state index contributed by atoms with van der Waals surface area (Å²) in [6, 6.07) is 19.8. The summed E-state index contributed by atoms with van der Waals surface area (Å²) in [6.45, 7) is 11.4. The number of halogens is 3. The number of aliphatic hydroxyl groups excluding tert-OH is 1. The largest absolute Gasteiger partial charge is 0.476 e. The van der Waals surface area contributed by atoms with Crippen LogP contribution < -0.4 is 19.7 Å². The third kappa shape index (κ3) is 11.6. The molecule has 3 fully saturated rings. The maximum absolute atomic E-state index is 15.8. The Balaban J connectivity index is 0.720. The number of carbonyl (C=O) groups excluding carboxylic acids is 3. The lowest BCUT2D eigenvalue weighted by Gasteiger charge is -2.36. The van der Waals surface area contributed by atoms with Gasteiger partial charge in [-0.1, -0.05) is 50.2 Å². The Hall–Kier alpha value is -7.18. The maximum Gasteiger partial charge on any atom is 0.301 e. The number of piperazine rings is 1. The number of benzene rings is 3. The summed E-state index contributed by atoms with van der Waals surface area (Å²) in [7, 11) is -2.61. The van der Waals surface area contributed by atoms with Crippen molar-refractivity contribution >= 4 is 61.6 Å². The number of ether oxygens (including phenoxy) is 1. The van der Waals surface area contributed by atoms with Gasteiger partial charge in [0.1, 0.15) is 30.3 Å². The minimum absolute atomic E-state index is 0.00721. The van der Waals surface area contributed by atoms with Crippen molar-refractivity contribution in [2.24, 2.45) is 13.0 Å². The molecule has 79 heavy (non-hydrogen) atoms. The molecule has 0 saturated carbocycles. The molecule has 4 N–H and O–H groups in total. The number of pyridine rings is 1. The molecule has 4 aromatic heterocycles. The van der Waals surface area contributed by atoms with Crippen LogP contribution in [0.2, 0.25) is 0 Å². The summed E-state index contributed by atoms with van der Waals surface area (Å²) >= 11 is 1.58. The van der Waals surface area contributed by atoms with E-state index in [0.29, 0.717) is 41.3 Å². The number of alkyl halides is 1. The molecule has 7 aromatic rings. The van der Waals surface area contributed by atoms with E-state index in [1.54, 1.807) is 41.4 Å². The number of aromatic amines is 1. The van der Waals surface area contributed by atoms with E-state index in [1.807, 2.05) is 86.5 Å². The predicted molar refractivity (Wildman–Crippen MR) is 295 cm³/mol. The number of amides is 2. The molecule has 0 aliphatic carbocycles. The van der Waals surface area contributed by atoms with E-state index < -0.39 is 69.7 Å². The molecule has 5 atom stereocenters. The first-order valence-corrected chi connectivity index (χ1v) is 28.6. The van der Waals surface area contributed by atoms with E-state index in [-0.39, 0.29) is 55.3 Å². The van der Waals surface area contributed by atoms with E-state index in [2.05, 4.69) is 30.1 Å². The molecule has 0 bridgehead atoms. The molecular weight excluding hydrogens is 1060 g/mol. The zero-order chi connectivity index (χ0) is 55.9. The van der Waals surface area contributed by atoms with Gasteiger partial charge in [0, 0.05) is 106 Å². The zero-order valence-electron chi connectivity index (χ0n) is 44.3. The van der Waals surface area contributed by atoms with Crippen LogP contribution in [0, 0.1) is 24.5 Å². The fraction of sp³-hybridized carbons (Fsp3) is 0.393. The van der Waals surface area contributed by atoms with Crippen LogP contribution >= 0.6 is 11.3 Å². The van der Waals surface area contributed by atoms with Gasteiger partial charge in [-0.15, -0.1) is 11.3 Å². The molecule has 3 aliphatic heterocycles. The van der Waals surface area contributed by atoms with Crippen LogP contribution in [0.1, 0.15) is 78.4 Å². The maximum atomic E-state index is 15.8. The highest BCUT2D eigenvalue weighted by Crippen LogP contribution is 2.35. The topological polar surface area (TPSA) is 211 Å². The van der Waals surface area contributed by atoms with Gasteiger partial charge < -0.3 is 29.9 Å². The van der Waals surface area contributed by atoms with Crippen molar-refractivity contribution in [3.8, 4) is 27.4 Å². The van der Waals surface area contributed by atoms with Gasteiger partial charge in [-0.25, -0.2) is 27.8 Å². The summed E-state index contributed by atoms with van der Waals surface area (Å²) in [5.74, 6) is -4.55. The summed E-state index contributed by atoms with van der Waals surface area (Å²) in [6.07, 6.45) is 0.849. The summed E-state index contributed by atoms with van der Waals surface area (Å²) in [5, 5.41) is 18.9. The molecule has 0 spiro atoms. The minimum Gasteiger partial charge on any atom is -0.476 e. The monoisotopic (exact) mass is 1120 g/mol. The number of fused-ring (bicyclic) bond motifs is 1. The lowest BCUT2D eigenvalue weighted by molar-refractivity contribution is -0.140. The van der Waals surface area contributed by atoms with Crippen LogP contribution in [-0.4, -0.2) is 147 Å². The highest BCUT2D eigenvalue weighted by molar-refractivity contribution is 7.90. The number of rotatable bonds is 18. The Kier molecular flexibility index (Phi) is 16.0. The number of nitrogens with zero attached hydrogens (tertiary/aromatic N) is 8. The fourth-order valence-corrected chi connectivity index (χ4v) is 12.8. The Bertz CT molecular complexity index is 3490. The number of aliphatic hydroxyl groups is 1. The van der Waals surface area contributed by atoms with E-state index in [9.17, 15) is 32.3 Å². The Morgan fingerprint density at radius 1 is 0.924 bits per heavy atom. The molecule has 23 heteroatoms. The van der Waals surface area contributed by atoms with Gasteiger partial charge in [-0.2, -0.15) is 17.8 Å². The third-order valence-corrected chi connectivity index (χ3v) is 17.6. The van der Waals surface area contributed by atoms with Gasteiger partial charge in [-0.3, -0.25) is 24.0 Å². The van der Waals surface area contributed by atoms with Crippen molar-refractivity contribution in [1.82, 2.24) is 44.2 Å². The Morgan fingerprint density at radius 3 is 2.34 bits per heavy atom. The summed E-state index contributed by atoms with van der Waals surface area (Å²) in [4.78, 5) is 60.9. The average Bonchev–Trinajstić information content (AvgIpc) is 4.47. The molecule has 3 saturated heterocycles. The molecule has 7 heterocycles. The molecule has 0 unspecified atom stereocenters. The number of anilines is 2. The standard InChI is InChI=1S/C56H62F3N11O7S2/c1-32(2)49(56(74)70-30-41(71)25-47(70)55(73)63-33(3)35-6-8-37(9-7-35)53-34(4)62-31-78-53)46-26-48(66(5)64-46)77-23-22-67-18-20-68(21-19-67)40-12-10-36(11-13-40)38-24-42-43(28-61-54(42)60-27-38)52(72)50-44(58)14-15-45(51(50)59)65-79(75,76)69-17-16-39(57)29-69/h6-15,24,26-28,31-33,39,41,47,49,65,71H,16-23,25,29-30H2,1-5H3,(H,60,61)(H,63,73)/t33-,39+,41+,47-,49-/m0/s1. The smallest absolute Gasteiger partial charge is 0.301 e. The molecular formula is C56H62F3N11O7S2. The SMILES string of the molecule is Cc1ncsc1-c1ccc([C@H](C)NC(=O)[C@@H]2C[C@@H](O)CN2C(=O)[C@H](c2cc(OCCN3CCN(c4ccc(-c5cnc6[nH]cc(C(=O)c7c(F)ccc(NS(=O)(=O)N8CC[C@@H](F)C8)c7F)c6c5)cc4)CC3)n(C)n2)C(C)C)cc1. The second-order valence-corrected chi connectivity index (χ2v) is 23.3. The van der Waals surface area contributed by atoms with E-state index in [4.69, 9.17) is 9.84 Å². The second kappa shape index (κ2) is 22.9. The molecule has 3 aromatic carbocycles. The molecule has 416 valence electrons. The van der Waals surface area contributed by atoms with Crippen LogP contribution in [0.15, 0.2) is 90.7 Å². The van der Waals surface area contributed by atoms with Crippen molar-refractivity contribution in [2.75, 3.05) is 68.6 Å². The quantitative estimate of drug-likeness (QED) is 0.0621. The lowest BCUT2D eigenvalue weighted by Crippen LogP contribution is -2.48. The molecule has 18 nitrogen and oxygen atoms in total. The lowest BCUT2D eigenvalue weighted by atomic mass is 9.90. The fourth-order valence-electron chi connectivity index (χ4n) is 10.7. The van der Waals surface area contributed by atoms with Crippen molar-refractivity contribution in [2.45, 2.75) is 70.8 Å². The van der Waals surface area contributed by atoms with Crippen molar-refractivity contribution < 1.29 is 45.8 Å². The van der Waals surface area contributed by atoms with Gasteiger partial charge >= 0.3 is 10.2 Å². The number of aryl methyl sites for hydroxylation is 2. The van der Waals surface area contributed by atoms with Gasteiger partial charge in [-0.05, 0) is 73.2 Å². The van der Waals surface area contributed by atoms with Crippen LogP contribution in [0.5, 0.6) is 5.88 Å². The van der Waals surface area contributed by atoms with Crippen LogP contribution in [0.3, 0.4) is 0 Å². The number of ketones is 1. The average molecular weight is 1120 g/mol. The number of H-pyrrole nitrogens is 1. The number of hydrogen-bond donors (Lipinski definition) is 4. The normalized spacial score (nSPS) is 19.1. The van der Waals surface area contributed by atoms with Crippen molar-refractivity contribution in [3.05, 3.63) is 130 Å². The van der Waals surface area contributed by atoms with Gasteiger partial charge in [0.05, 0.1) is 51.1 Å². The minimum atomic E-state index is -4.38. The van der Waals surface area contributed by atoms with Crippen molar-refractivity contribution in [1.29, 1.82) is 0 Å².